The summed E-state index contributed by atoms with van der Waals surface area (Å²) in [7, 11) is 0. The monoisotopic (exact) mass is 709 g/mol. The minimum absolute atomic E-state index is 0.0649. The zero-order chi connectivity index (χ0) is 36.8. The predicted molar refractivity (Wildman–Crippen MR) is 210 cm³/mol. The molecule has 0 aromatic rings. The van der Waals surface area contributed by atoms with E-state index in [9.17, 15) is 14.4 Å². The molecule has 0 rings (SSSR count). The highest BCUT2D eigenvalue weighted by atomic mass is 16.6. The number of ether oxygens (including phenoxy) is 3. The van der Waals surface area contributed by atoms with Crippen molar-refractivity contribution >= 4 is 17.9 Å². The van der Waals surface area contributed by atoms with E-state index in [2.05, 4.69) is 27.7 Å². The van der Waals surface area contributed by atoms with Crippen molar-refractivity contribution in [3.63, 3.8) is 0 Å². The number of carbonyl (C=O) groups is 3. The van der Waals surface area contributed by atoms with Gasteiger partial charge in [-0.3, -0.25) is 14.4 Å². The molecule has 0 aliphatic rings. The Hall–Kier alpha value is -1.59. The molecule has 0 aromatic carbocycles. The van der Waals surface area contributed by atoms with Crippen molar-refractivity contribution in [2.24, 2.45) is 5.92 Å². The summed E-state index contributed by atoms with van der Waals surface area (Å²) >= 11 is 0. The molecule has 0 aliphatic heterocycles. The standard InChI is InChI=1S/C44H84O6/c1-5-7-9-11-12-13-14-18-21-24-28-32-36-43(46)49-39-41(38-48-42(45)35-31-26-10-8-6-2)50-44(47)37-33-29-25-22-19-16-15-17-20-23-27-30-34-40(3)4/h40-41H,5-39H2,1-4H3/t41-/m0/s1. The summed E-state index contributed by atoms with van der Waals surface area (Å²) in [5.74, 6) is -0.0382. The molecule has 0 aliphatic carbocycles. The highest BCUT2D eigenvalue weighted by molar-refractivity contribution is 5.71. The first-order chi connectivity index (χ1) is 24.4. The summed E-state index contributed by atoms with van der Waals surface area (Å²) in [6, 6.07) is 0. The third-order valence-corrected chi connectivity index (χ3v) is 9.79. The van der Waals surface area contributed by atoms with Crippen LogP contribution in [0.2, 0.25) is 0 Å². The first kappa shape index (κ1) is 48.4. The van der Waals surface area contributed by atoms with Gasteiger partial charge in [-0.1, -0.05) is 201 Å². The Morgan fingerprint density at radius 1 is 0.380 bits per heavy atom. The Bertz CT molecular complexity index is 751. The summed E-state index contributed by atoms with van der Waals surface area (Å²) in [5.41, 5.74) is 0. The van der Waals surface area contributed by atoms with Crippen molar-refractivity contribution < 1.29 is 28.6 Å². The largest absolute Gasteiger partial charge is 0.462 e. The summed E-state index contributed by atoms with van der Waals surface area (Å²) < 4.78 is 16.6. The second-order valence-electron chi connectivity index (χ2n) is 15.5. The second-order valence-corrected chi connectivity index (χ2v) is 15.5. The van der Waals surface area contributed by atoms with Gasteiger partial charge < -0.3 is 14.2 Å². The van der Waals surface area contributed by atoms with Crippen molar-refractivity contribution in [1.29, 1.82) is 0 Å². The predicted octanol–water partition coefficient (Wildman–Crippen LogP) is 13.6. The number of hydrogen-bond donors (Lipinski definition) is 0. The van der Waals surface area contributed by atoms with Crippen LogP contribution in [0.1, 0.15) is 240 Å². The van der Waals surface area contributed by atoms with Crippen LogP contribution in [-0.2, 0) is 28.6 Å². The number of hydrogen-bond acceptors (Lipinski definition) is 6. The average Bonchev–Trinajstić information content (AvgIpc) is 3.09. The Morgan fingerprint density at radius 2 is 0.660 bits per heavy atom. The van der Waals surface area contributed by atoms with Gasteiger partial charge >= 0.3 is 17.9 Å². The normalized spacial score (nSPS) is 11.9. The second kappa shape index (κ2) is 38.6. The zero-order valence-electron chi connectivity index (χ0n) is 33.9. The fraction of sp³-hybridized carbons (Fsp3) is 0.932. The Balaban J connectivity index is 4.20. The van der Waals surface area contributed by atoms with Crippen molar-refractivity contribution in [3.05, 3.63) is 0 Å². The van der Waals surface area contributed by atoms with E-state index >= 15 is 0 Å². The van der Waals surface area contributed by atoms with E-state index in [0.717, 1.165) is 70.1 Å². The lowest BCUT2D eigenvalue weighted by Crippen LogP contribution is -2.30. The molecular weight excluding hydrogens is 624 g/mol. The molecular formula is C44H84O6. The maximum absolute atomic E-state index is 12.6. The molecule has 1 atom stereocenters. The van der Waals surface area contributed by atoms with E-state index in [1.54, 1.807) is 0 Å². The molecule has 0 spiro atoms. The molecule has 0 heterocycles. The first-order valence-corrected chi connectivity index (χ1v) is 21.9. The van der Waals surface area contributed by atoms with Gasteiger partial charge in [0.2, 0.25) is 0 Å². The molecule has 0 radical (unpaired) electrons. The molecule has 0 saturated carbocycles. The third kappa shape index (κ3) is 37.7. The van der Waals surface area contributed by atoms with Crippen LogP contribution in [0.15, 0.2) is 0 Å². The lowest BCUT2D eigenvalue weighted by molar-refractivity contribution is -0.167. The molecule has 0 N–H and O–H groups in total. The molecule has 0 bridgehead atoms. The van der Waals surface area contributed by atoms with Crippen LogP contribution >= 0.6 is 0 Å². The molecule has 0 fully saturated rings. The van der Waals surface area contributed by atoms with Crippen LogP contribution in [0.25, 0.3) is 0 Å². The fourth-order valence-corrected chi connectivity index (χ4v) is 6.45. The summed E-state index contributed by atoms with van der Waals surface area (Å²) in [5, 5.41) is 0. The van der Waals surface area contributed by atoms with Crippen LogP contribution in [0.3, 0.4) is 0 Å². The van der Waals surface area contributed by atoms with Crippen molar-refractivity contribution in [2.75, 3.05) is 13.2 Å². The van der Waals surface area contributed by atoms with Gasteiger partial charge in [-0.15, -0.1) is 0 Å². The molecule has 6 nitrogen and oxygen atoms in total. The number of esters is 3. The molecule has 6 heteroatoms. The first-order valence-electron chi connectivity index (χ1n) is 21.9. The van der Waals surface area contributed by atoms with Gasteiger partial charge in [0.25, 0.3) is 0 Å². The fourth-order valence-electron chi connectivity index (χ4n) is 6.45. The van der Waals surface area contributed by atoms with E-state index in [0.29, 0.717) is 19.3 Å². The molecule has 296 valence electrons. The van der Waals surface area contributed by atoms with E-state index in [1.165, 1.54) is 128 Å². The van der Waals surface area contributed by atoms with Crippen LogP contribution < -0.4 is 0 Å². The topological polar surface area (TPSA) is 78.9 Å². The number of carbonyl (C=O) groups excluding carboxylic acids is 3. The SMILES string of the molecule is CCCCCCCCCCCCCCC(=O)OC[C@H](COC(=O)CCCCCCC)OC(=O)CCCCCCCCCCCCCCC(C)C. The Labute approximate surface area is 310 Å². The Kier molecular flexibility index (Phi) is 37.4. The molecule has 0 amide bonds. The molecule has 0 unspecified atom stereocenters. The number of unbranched alkanes of at least 4 members (excludes halogenated alkanes) is 26. The smallest absolute Gasteiger partial charge is 0.306 e. The summed E-state index contributed by atoms with van der Waals surface area (Å²) in [6.45, 7) is 8.91. The van der Waals surface area contributed by atoms with Gasteiger partial charge in [-0.2, -0.15) is 0 Å². The van der Waals surface area contributed by atoms with Crippen LogP contribution in [0.5, 0.6) is 0 Å². The molecule has 0 saturated heterocycles. The van der Waals surface area contributed by atoms with Crippen molar-refractivity contribution in [3.8, 4) is 0 Å². The van der Waals surface area contributed by atoms with E-state index in [4.69, 9.17) is 14.2 Å². The lowest BCUT2D eigenvalue weighted by Gasteiger charge is -2.18. The summed E-state index contributed by atoms with van der Waals surface area (Å²) in [6.07, 6.45) is 36.8. The average molecular weight is 709 g/mol. The summed E-state index contributed by atoms with van der Waals surface area (Å²) in [4.78, 5) is 37.4. The molecule has 0 aromatic heterocycles. The van der Waals surface area contributed by atoms with Gasteiger partial charge in [0.1, 0.15) is 13.2 Å². The van der Waals surface area contributed by atoms with Gasteiger partial charge in [-0.05, 0) is 25.2 Å². The maximum Gasteiger partial charge on any atom is 0.306 e. The van der Waals surface area contributed by atoms with Gasteiger partial charge in [0.05, 0.1) is 0 Å². The Morgan fingerprint density at radius 3 is 0.980 bits per heavy atom. The van der Waals surface area contributed by atoms with E-state index < -0.39 is 6.10 Å². The quantitative estimate of drug-likeness (QED) is 0.0359. The molecule has 50 heavy (non-hydrogen) atoms. The van der Waals surface area contributed by atoms with Crippen molar-refractivity contribution in [1.82, 2.24) is 0 Å². The van der Waals surface area contributed by atoms with Crippen LogP contribution in [0.4, 0.5) is 0 Å². The minimum atomic E-state index is -0.757. The zero-order valence-corrected chi connectivity index (χ0v) is 33.9. The lowest BCUT2D eigenvalue weighted by atomic mass is 10.0. The van der Waals surface area contributed by atoms with Crippen molar-refractivity contribution in [2.45, 2.75) is 246 Å². The maximum atomic E-state index is 12.6. The minimum Gasteiger partial charge on any atom is -0.462 e. The van der Waals surface area contributed by atoms with E-state index in [-0.39, 0.29) is 31.1 Å². The highest BCUT2D eigenvalue weighted by Gasteiger charge is 2.19. The van der Waals surface area contributed by atoms with Gasteiger partial charge in [0, 0.05) is 19.3 Å². The van der Waals surface area contributed by atoms with Gasteiger partial charge in [0.15, 0.2) is 6.10 Å². The van der Waals surface area contributed by atoms with Gasteiger partial charge in [-0.25, -0.2) is 0 Å². The van der Waals surface area contributed by atoms with E-state index in [1.807, 2.05) is 0 Å². The number of rotatable bonds is 39. The van der Waals surface area contributed by atoms with Crippen LogP contribution in [0, 0.1) is 5.92 Å². The highest BCUT2D eigenvalue weighted by Crippen LogP contribution is 2.16. The van der Waals surface area contributed by atoms with Crippen LogP contribution in [-0.4, -0.2) is 37.2 Å². The third-order valence-electron chi connectivity index (χ3n) is 9.79.